The lowest BCUT2D eigenvalue weighted by Crippen LogP contribution is -1.94. The number of hydrogen-bond donors (Lipinski definition) is 0. The van der Waals surface area contributed by atoms with Crippen molar-refractivity contribution >= 4 is 6.29 Å². The third kappa shape index (κ3) is 2.33. The molecule has 0 saturated carbocycles. The maximum absolute atomic E-state index is 10.8. The second-order valence-electron chi connectivity index (χ2n) is 3.81. The molecular weight excluding hydrogens is 214 g/mol. The van der Waals surface area contributed by atoms with Crippen LogP contribution in [0, 0.1) is 6.92 Å². The van der Waals surface area contributed by atoms with E-state index in [4.69, 9.17) is 4.74 Å². The van der Waals surface area contributed by atoms with Gasteiger partial charge in [-0.1, -0.05) is 29.8 Å². The van der Waals surface area contributed by atoms with Crippen LogP contribution in [0.25, 0.3) is 11.1 Å². The van der Waals surface area contributed by atoms with E-state index in [1.807, 2.05) is 31.2 Å². The number of rotatable bonds is 3. The van der Waals surface area contributed by atoms with Crippen LogP contribution in [0.5, 0.6) is 5.88 Å². The van der Waals surface area contributed by atoms with Crippen molar-refractivity contribution in [3.63, 3.8) is 0 Å². The van der Waals surface area contributed by atoms with Gasteiger partial charge in [-0.05, 0) is 18.6 Å². The molecule has 0 atom stereocenters. The van der Waals surface area contributed by atoms with Gasteiger partial charge in [0.25, 0.3) is 0 Å². The first-order valence-electron chi connectivity index (χ1n) is 5.31. The van der Waals surface area contributed by atoms with Crippen molar-refractivity contribution in [3.8, 4) is 17.0 Å². The number of carbonyl (C=O) groups is 1. The fourth-order valence-corrected chi connectivity index (χ4v) is 1.64. The topological polar surface area (TPSA) is 39.2 Å². The van der Waals surface area contributed by atoms with E-state index in [-0.39, 0.29) is 0 Å². The Balaban J connectivity index is 2.55. The van der Waals surface area contributed by atoms with Crippen molar-refractivity contribution in [1.29, 1.82) is 0 Å². The number of aromatic nitrogens is 1. The van der Waals surface area contributed by atoms with Gasteiger partial charge in [-0.15, -0.1) is 0 Å². The number of pyridine rings is 1. The van der Waals surface area contributed by atoms with E-state index in [2.05, 4.69) is 4.98 Å². The molecule has 3 nitrogen and oxygen atoms in total. The number of hydrogen-bond acceptors (Lipinski definition) is 3. The first-order valence-corrected chi connectivity index (χ1v) is 5.31. The molecule has 0 bridgehead atoms. The lowest BCUT2D eigenvalue weighted by molar-refractivity contribution is 0.112. The lowest BCUT2D eigenvalue weighted by Gasteiger charge is -2.08. The van der Waals surface area contributed by atoms with Gasteiger partial charge < -0.3 is 4.74 Å². The average Bonchev–Trinajstić information content (AvgIpc) is 2.39. The van der Waals surface area contributed by atoms with Gasteiger partial charge in [0.1, 0.15) is 0 Å². The molecule has 2 aromatic rings. The van der Waals surface area contributed by atoms with Crippen molar-refractivity contribution in [1.82, 2.24) is 4.98 Å². The zero-order chi connectivity index (χ0) is 12.3. The van der Waals surface area contributed by atoms with Crippen LogP contribution in [0.3, 0.4) is 0 Å². The van der Waals surface area contributed by atoms with Gasteiger partial charge in [-0.3, -0.25) is 4.79 Å². The molecule has 1 aromatic heterocycles. The Bertz CT molecular complexity index is 532. The fraction of sp³-hybridized carbons (Fsp3) is 0.143. The van der Waals surface area contributed by atoms with Gasteiger partial charge in [-0.25, -0.2) is 4.98 Å². The lowest BCUT2D eigenvalue weighted by atomic mass is 10.0. The van der Waals surface area contributed by atoms with Crippen LogP contribution in [0.1, 0.15) is 15.9 Å². The first kappa shape index (κ1) is 11.3. The molecule has 86 valence electrons. The number of nitrogens with zero attached hydrogens (tertiary/aromatic N) is 1. The van der Waals surface area contributed by atoms with Gasteiger partial charge in [0.15, 0.2) is 6.29 Å². The quantitative estimate of drug-likeness (QED) is 0.757. The summed E-state index contributed by atoms with van der Waals surface area (Å²) >= 11 is 0. The molecule has 0 spiro atoms. The van der Waals surface area contributed by atoms with Crippen molar-refractivity contribution in [2.45, 2.75) is 6.92 Å². The van der Waals surface area contributed by atoms with Crippen LogP contribution in [0.2, 0.25) is 0 Å². The molecule has 2 rings (SSSR count). The fourth-order valence-electron chi connectivity index (χ4n) is 1.64. The summed E-state index contributed by atoms with van der Waals surface area (Å²) in [5.41, 5.74) is 3.55. The largest absolute Gasteiger partial charge is 0.481 e. The average molecular weight is 227 g/mol. The Hall–Kier alpha value is -2.16. The molecule has 0 aliphatic rings. The Morgan fingerprint density at radius 2 is 1.94 bits per heavy atom. The summed E-state index contributed by atoms with van der Waals surface area (Å²) in [4.78, 5) is 14.9. The Labute approximate surface area is 100 Å². The number of benzene rings is 1. The minimum Gasteiger partial charge on any atom is -0.481 e. The zero-order valence-electron chi connectivity index (χ0n) is 9.81. The molecule has 0 aliphatic carbocycles. The third-order valence-electron chi connectivity index (χ3n) is 2.56. The van der Waals surface area contributed by atoms with E-state index in [0.29, 0.717) is 11.4 Å². The molecule has 0 saturated heterocycles. The number of aryl methyl sites for hydroxylation is 1. The molecule has 17 heavy (non-hydrogen) atoms. The van der Waals surface area contributed by atoms with Gasteiger partial charge in [0, 0.05) is 17.3 Å². The van der Waals surface area contributed by atoms with Crippen LogP contribution >= 0.6 is 0 Å². The van der Waals surface area contributed by atoms with Crippen LogP contribution in [-0.4, -0.2) is 18.4 Å². The highest BCUT2D eigenvalue weighted by atomic mass is 16.5. The number of aldehydes is 1. The maximum atomic E-state index is 10.8. The van der Waals surface area contributed by atoms with Gasteiger partial charge >= 0.3 is 0 Å². The van der Waals surface area contributed by atoms with E-state index in [0.717, 1.165) is 17.4 Å². The summed E-state index contributed by atoms with van der Waals surface area (Å²) in [6, 6.07) is 9.79. The number of carbonyl (C=O) groups excluding carboxylic acids is 1. The predicted molar refractivity (Wildman–Crippen MR) is 66.3 cm³/mol. The molecule has 1 aromatic carbocycles. The SMILES string of the molecule is COc1ncc(C=O)cc1-c1ccc(C)cc1. The molecule has 1 heterocycles. The first-order chi connectivity index (χ1) is 8.24. The summed E-state index contributed by atoms with van der Waals surface area (Å²) in [6.45, 7) is 2.03. The summed E-state index contributed by atoms with van der Waals surface area (Å²) in [5, 5.41) is 0. The van der Waals surface area contributed by atoms with E-state index >= 15 is 0 Å². The molecule has 0 radical (unpaired) electrons. The highest BCUT2D eigenvalue weighted by Crippen LogP contribution is 2.28. The number of ether oxygens (including phenoxy) is 1. The monoisotopic (exact) mass is 227 g/mol. The zero-order valence-corrected chi connectivity index (χ0v) is 9.81. The summed E-state index contributed by atoms with van der Waals surface area (Å²) < 4.78 is 5.20. The smallest absolute Gasteiger partial charge is 0.221 e. The van der Waals surface area contributed by atoms with Crippen molar-refractivity contribution in [3.05, 3.63) is 47.7 Å². The molecule has 3 heteroatoms. The molecule has 0 unspecified atom stereocenters. The Morgan fingerprint density at radius 3 is 2.53 bits per heavy atom. The van der Waals surface area contributed by atoms with Crippen LogP contribution < -0.4 is 4.74 Å². The van der Waals surface area contributed by atoms with Gasteiger partial charge in [0.2, 0.25) is 5.88 Å². The number of methoxy groups -OCH3 is 1. The van der Waals surface area contributed by atoms with E-state index in [9.17, 15) is 4.79 Å². The molecular formula is C14H13NO2. The highest BCUT2D eigenvalue weighted by molar-refractivity contribution is 5.80. The van der Waals surface area contributed by atoms with E-state index in [1.165, 1.54) is 11.8 Å². The van der Waals surface area contributed by atoms with Crippen molar-refractivity contribution < 1.29 is 9.53 Å². The van der Waals surface area contributed by atoms with Gasteiger partial charge in [0.05, 0.1) is 7.11 Å². The van der Waals surface area contributed by atoms with E-state index < -0.39 is 0 Å². The van der Waals surface area contributed by atoms with Crippen LogP contribution in [0.4, 0.5) is 0 Å². The Kier molecular flexibility index (Phi) is 3.19. The third-order valence-corrected chi connectivity index (χ3v) is 2.56. The molecule has 0 fully saturated rings. The summed E-state index contributed by atoms with van der Waals surface area (Å²) in [6.07, 6.45) is 2.29. The van der Waals surface area contributed by atoms with Crippen LogP contribution in [0.15, 0.2) is 36.5 Å². The second kappa shape index (κ2) is 4.78. The van der Waals surface area contributed by atoms with Crippen LogP contribution in [-0.2, 0) is 0 Å². The normalized spacial score (nSPS) is 10.0. The minimum atomic E-state index is 0.527. The maximum Gasteiger partial charge on any atom is 0.221 e. The molecule has 0 N–H and O–H groups in total. The summed E-state index contributed by atoms with van der Waals surface area (Å²) in [7, 11) is 1.57. The molecule has 0 amide bonds. The van der Waals surface area contributed by atoms with Crippen molar-refractivity contribution in [2.75, 3.05) is 7.11 Å². The van der Waals surface area contributed by atoms with E-state index in [1.54, 1.807) is 13.2 Å². The minimum absolute atomic E-state index is 0.527. The standard InChI is InChI=1S/C14H13NO2/c1-10-3-5-12(6-4-10)13-7-11(9-16)8-15-14(13)17-2/h3-9H,1-2H3. The Morgan fingerprint density at radius 1 is 1.24 bits per heavy atom. The second-order valence-corrected chi connectivity index (χ2v) is 3.81. The predicted octanol–water partition coefficient (Wildman–Crippen LogP) is 2.88. The highest BCUT2D eigenvalue weighted by Gasteiger charge is 2.08. The summed E-state index contributed by atoms with van der Waals surface area (Å²) in [5.74, 6) is 0.527. The van der Waals surface area contributed by atoms with Gasteiger partial charge in [-0.2, -0.15) is 0 Å². The van der Waals surface area contributed by atoms with Crippen molar-refractivity contribution in [2.24, 2.45) is 0 Å². The molecule has 0 aliphatic heterocycles.